The van der Waals surface area contributed by atoms with Crippen LogP contribution in [0.15, 0.2) is 18.2 Å². The van der Waals surface area contributed by atoms with E-state index >= 15 is 0 Å². The minimum Gasteiger partial charge on any atom is -0.389 e. The van der Waals surface area contributed by atoms with Crippen molar-refractivity contribution >= 4 is 34.5 Å². The number of benzene rings is 1. The molecule has 0 bridgehead atoms. The molecule has 3 nitrogen and oxygen atoms in total. The first-order chi connectivity index (χ1) is 9.16. The average Bonchev–Trinajstić information content (AvgIpc) is 2.87. The third kappa shape index (κ3) is 4.34. The molecule has 0 aromatic heterocycles. The fourth-order valence-electron chi connectivity index (χ4n) is 2.37. The molecule has 5 heteroatoms. The highest BCUT2D eigenvalue weighted by molar-refractivity contribution is 7.80. The summed E-state index contributed by atoms with van der Waals surface area (Å²) in [5.41, 5.74) is 7.33. The third-order valence-electron chi connectivity index (χ3n) is 3.41. The van der Waals surface area contributed by atoms with Crippen molar-refractivity contribution in [1.29, 1.82) is 0 Å². The summed E-state index contributed by atoms with van der Waals surface area (Å²) < 4.78 is 0. The molecule has 3 N–H and O–H groups in total. The number of halogens is 1. The van der Waals surface area contributed by atoms with Crippen molar-refractivity contribution in [2.75, 3.05) is 31.5 Å². The predicted molar refractivity (Wildman–Crippen MR) is 86.1 cm³/mol. The van der Waals surface area contributed by atoms with Crippen LogP contribution in [0.25, 0.3) is 0 Å². The molecule has 0 unspecified atom stereocenters. The largest absolute Gasteiger partial charge is 0.389 e. The van der Waals surface area contributed by atoms with Gasteiger partial charge in [0.05, 0.1) is 5.02 Å². The lowest BCUT2D eigenvalue weighted by Gasteiger charge is -2.15. The molecule has 0 atom stereocenters. The van der Waals surface area contributed by atoms with Crippen molar-refractivity contribution in [2.45, 2.75) is 19.3 Å². The number of rotatable bonds is 6. The van der Waals surface area contributed by atoms with Crippen LogP contribution in [0.2, 0.25) is 5.02 Å². The van der Waals surface area contributed by atoms with Crippen LogP contribution in [-0.4, -0.2) is 36.1 Å². The standard InChI is InChI=1S/C14H20ClN3S/c15-13-10-11(4-5-12(13)14(16)19)17-6-3-9-18-7-1-2-8-18/h4-5,10,17H,1-3,6-9H2,(H2,16,19). The fraction of sp³-hybridized carbons (Fsp3) is 0.500. The van der Waals surface area contributed by atoms with Gasteiger partial charge in [0.25, 0.3) is 0 Å². The lowest BCUT2D eigenvalue weighted by Crippen LogP contribution is -2.22. The monoisotopic (exact) mass is 297 g/mol. The summed E-state index contributed by atoms with van der Waals surface area (Å²) in [5.74, 6) is 0. The van der Waals surface area contributed by atoms with E-state index in [1.54, 1.807) is 0 Å². The van der Waals surface area contributed by atoms with Gasteiger partial charge in [0, 0.05) is 17.8 Å². The van der Waals surface area contributed by atoms with Gasteiger partial charge < -0.3 is 16.0 Å². The van der Waals surface area contributed by atoms with Crippen molar-refractivity contribution in [3.05, 3.63) is 28.8 Å². The maximum Gasteiger partial charge on any atom is 0.105 e. The summed E-state index contributed by atoms with van der Waals surface area (Å²) in [5, 5.41) is 3.99. The normalized spacial score (nSPS) is 15.6. The molecule has 1 aliphatic rings. The molecule has 19 heavy (non-hydrogen) atoms. The van der Waals surface area contributed by atoms with Crippen LogP contribution in [0.5, 0.6) is 0 Å². The van der Waals surface area contributed by atoms with Gasteiger partial charge in [-0.05, 0) is 57.1 Å². The Kier molecular flexibility index (Phi) is 5.43. The Morgan fingerprint density at radius 2 is 2.11 bits per heavy atom. The Hall–Kier alpha value is -0.840. The van der Waals surface area contributed by atoms with Crippen molar-refractivity contribution in [3.63, 3.8) is 0 Å². The summed E-state index contributed by atoms with van der Waals surface area (Å²) in [6.07, 6.45) is 3.85. The zero-order chi connectivity index (χ0) is 13.7. The van der Waals surface area contributed by atoms with Gasteiger partial charge in [-0.1, -0.05) is 23.8 Å². The first-order valence-corrected chi connectivity index (χ1v) is 7.51. The van der Waals surface area contributed by atoms with E-state index < -0.39 is 0 Å². The molecule has 1 aromatic carbocycles. The summed E-state index contributed by atoms with van der Waals surface area (Å²) in [4.78, 5) is 2.86. The molecule has 1 saturated heterocycles. The quantitative estimate of drug-likeness (QED) is 0.626. The number of nitrogens with one attached hydrogen (secondary N) is 1. The molecule has 1 aliphatic heterocycles. The number of anilines is 1. The van der Waals surface area contributed by atoms with Gasteiger partial charge in [0.15, 0.2) is 0 Å². The Labute approximate surface area is 125 Å². The Balaban J connectivity index is 1.76. The second kappa shape index (κ2) is 7.08. The number of nitrogens with zero attached hydrogens (tertiary/aromatic N) is 1. The van der Waals surface area contributed by atoms with E-state index in [0.29, 0.717) is 10.0 Å². The first-order valence-electron chi connectivity index (χ1n) is 6.72. The molecule has 0 amide bonds. The highest BCUT2D eigenvalue weighted by atomic mass is 35.5. The van der Waals surface area contributed by atoms with E-state index in [2.05, 4.69) is 10.2 Å². The van der Waals surface area contributed by atoms with Crippen LogP contribution < -0.4 is 11.1 Å². The fourth-order valence-corrected chi connectivity index (χ4v) is 2.88. The van der Waals surface area contributed by atoms with E-state index in [4.69, 9.17) is 29.6 Å². The number of likely N-dealkylation sites (tertiary alicyclic amines) is 1. The highest BCUT2D eigenvalue weighted by Gasteiger charge is 2.10. The average molecular weight is 298 g/mol. The molecule has 2 rings (SSSR count). The van der Waals surface area contributed by atoms with Crippen LogP contribution in [0.3, 0.4) is 0 Å². The molecule has 1 aromatic rings. The zero-order valence-corrected chi connectivity index (χ0v) is 12.6. The minimum absolute atomic E-state index is 0.339. The number of hydrogen-bond donors (Lipinski definition) is 2. The smallest absolute Gasteiger partial charge is 0.105 e. The van der Waals surface area contributed by atoms with Crippen LogP contribution in [0, 0.1) is 0 Å². The predicted octanol–water partition coefficient (Wildman–Crippen LogP) is 2.87. The maximum absolute atomic E-state index is 6.13. The second-order valence-corrected chi connectivity index (χ2v) is 5.73. The van der Waals surface area contributed by atoms with Gasteiger partial charge in [-0.3, -0.25) is 0 Å². The molecular formula is C14H20ClN3S. The van der Waals surface area contributed by atoms with Crippen molar-refractivity contribution in [3.8, 4) is 0 Å². The molecule has 1 fully saturated rings. The van der Waals surface area contributed by atoms with Crippen LogP contribution in [0.4, 0.5) is 5.69 Å². The van der Waals surface area contributed by atoms with E-state index in [1.807, 2.05) is 18.2 Å². The number of thiocarbonyl (C=S) groups is 1. The molecular weight excluding hydrogens is 278 g/mol. The van der Waals surface area contributed by atoms with E-state index in [-0.39, 0.29) is 0 Å². The summed E-state index contributed by atoms with van der Waals surface area (Å²) in [6.45, 7) is 4.65. The van der Waals surface area contributed by atoms with Crippen molar-refractivity contribution in [2.24, 2.45) is 5.73 Å². The molecule has 0 spiro atoms. The molecule has 104 valence electrons. The van der Waals surface area contributed by atoms with Crippen molar-refractivity contribution in [1.82, 2.24) is 4.90 Å². The maximum atomic E-state index is 6.13. The summed E-state index contributed by atoms with van der Waals surface area (Å²) in [6, 6.07) is 5.72. The molecule has 0 aliphatic carbocycles. The lowest BCUT2D eigenvalue weighted by molar-refractivity contribution is 0.337. The minimum atomic E-state index is 0.339. The number of hydrogen-bond acceptors (Lipinski definition) is 3. The molecule has 1 heterocycles. The third-order valence-corrected chi connectivity index (χ3v) is 3.95. The molecule has 0 saturated carbocycles. The molecule has 0 radical (unpaired) electrons. The second-order valence-electron chi connectivity index (χ2n) is 4.89. The topological polar surface area (TPSA) is 41.3 Å². The van der Waals surface area contributed by atoms with Crippen LogP contribution in [-0.2, 0) is 0 Å². The van der Waals surface area contributed by atoms with Crippen LogP contribution >= 0.6 is 23.8 Å². The Morgan fingerprint density at radius 3 is 2.74 bits per heavy atom. The lowest BCUT2D eigenvalue weighted by atomic mass is 10.2. The van der Waals surface area contributed by atoms with Crippen molar-refractivity contribution < 1.29 is 0 Å². The van der Waals surface area contributed by atoms with E-state index in [9.17, 15) is 0 Å². The van der Waals surface area contributed by atoms with E-state index in [0.717, 1.165) is 24.2 Å². The summed E-state index contributed by atoms with van der Waals surface area (Å²) >= 11 is 11.1. The zero-order valence-electron chi connectivity index (χ0n) is 11.0. The highest BCUT2D eigenvalue weighted by Crippen LogP contribution is 2.21. The van der Waals surface area contributed by atoms with Gasteiger partial charge >= 0.3 is 0 Å². The Bertz CT molecular complexity index is 444. The Morgan fingerprint density at radius 1 is 1.37 bits per heavy atom. The van der Waals surface area contributed by atoms with Gasteiger partial charge in [0.2, 0.25) is 0 Å². The SMILES string of the molecule is NC(=S)c1ccc(NCCCN2CCCC2)cc1Cl. The van der Waals surface area contributed by atoms with Crippen LogP contribution in [0.1, 0.15) is 24.8 Å². The first kappa shape index (κ1) is 14.6. The summed E-state index contributed by atoms with van der Waals surface area (Å²) in [7, 11) is 0. The van der Waals surface area contributed by atoms with E-state index in [1.165, 1.54) is 32.5 Å². The van der Waals surface area contributed by atoms with Gasteiger partial charge in [-0.2, -0.15) is 0 Å². The number of nitrogens with two attached hydrogens (primary N) is 1. The van der Waals surface area contributed by atoms with Gasteiger partial charge in [0.1, 0.15) is 4.99 Å². The van der Waals surface area contributed by atoms with Gasteiger partial charge in [-0.25, -0.2) is 0 Å². The van der Waals surface area contributed by atoms with Gasteiger partial charge in [-0.15, -0.1) is 0 Å².